The molecular formula is C11H12F2O4. The second-order valence-corrected chi connectivity index (χ2v) is 3.45. The summed E-state index contributed by atoms with van der Waals surface area (Å²) < 4.78 is 31.7. The maximum absolute atomic E-state index is 13.6. The lowest BCUT2D eigenvalue weighted by molar-refractivity contribution is -0.137. The van der Waals surface area contributed by atoms with Gasteiger partial charge in [-0.05, 0) is 12.8 Å². The average molecular weight is 246 g/mol. The Labute approximate surface area is 96.5 Å². The predicted molar refractivity (Wildman–Crippen MR) is 55.1 cm³/mol. The van der Waals surface area contributed by atoms with Crippen LogP contribution < -0.4 is 4.74 Å². The Balaban J connectivity index is 2.96. The average Bonchev–Trinajstić information content (AvgIpc) is 2.27. The summed E-state index contributed by atoms with van der Waals surface area (Å²) in [7, 11) is 1.19. The highest BCUT2D eigenvalue weighted by atomic mass is 19.1. The van der Waals surface area contributed by atoms with E-state index < -0.39 is 23.4 Å². The number of carbonyl (C=O) groups is 1. The Hall–Kier alpha value is -1.85. The van der Waals surface area contributed by atoms with Crippen molar-refractivity contribution < 1.29 is 28.5 Å². The molecule has 94 valence electrons. The Morgan fingerprint density at radius 3 is 2.59 bits per heavy atom. The van der Waals surface area contributed by atoms with Crippen LogP contribution in [0.15, 0.2) is 6.07 Å². The number of benzene rings is 1. The second kappa shape index (κ2) is 5.47. The first kappa shape index (κ1) is 13.2. The van der Waals surface area contributed by atoms with Crippen molar-refractivity contribution in [2.24, 2.45) is 0 Å². The number of halogens is 2. The molecule has 6 heteroatoms. The highest BCUT2D eigenvalue weighted by Crippen LogP contribution is 2.31. The van der Waals surface area contributed by atoms with E-state index in [9.17, 15) is 18.7 Å². The van der Waals surface area contributed by atoms with Gasteiger partial charge in [0.2, 0.25) is 0 Å². The molecule has 0 saturated heterocycles. The number of aromatic hydroxyl groups is 1. The number of phenolic OH excluding ortho intramolecular Hbond substituents is 1. The number of hydrogen-bond donors (Lipinski definition) is 2. The first-order valence-electron chi connectivity index (χ1n) is 4.93. The second-order valence-electron chi connectivity index (χ2n) is 3.45. The number of rotatable bonds is 5. The number of carboxylic acids is 1. The summed E-state index contributed by atoms with van der Waals surface area (Å²) in [5, 5.41) is 17.6. The van der Waals surface area contributed by atoms with E-state index in [2.05, 4.69) is 4.74 Å². The highest BCUT2D eigenvalue weighted by Gasteiger charge is 2.18. The van der Waals surface area contributed by atoms with Crippen molar-refractivity contribution in [2.75, 3.05) is 7.11 Å². The number of phenols is 1. The molecule has 1 rings (SSSR count). The SMILES string of the molecule is COc1cc(O)c(F)c(CCCC(=O)O)c1F. The van der Waals surface area contributed by atoms with Gasteiger partial charge >= 0.3 is 5.97 Å². The summed E-state index contributed by atoms with van der Waals surface area (Å²) in [5.74, 6) is -4.01. The van der Waals surface area contributed by atoms with Gasteiger partial charge in [-0.1, -0.05) is 0 Å². The van der Waals surface area contributed by atoms with E-state index in [4.69, 9.17) is 5.11 Å². The van der Waals surface area contributed by atoms with Crippen molar-refractivity contribution in [3.05, 3.63) is 23.3 Å². The number of hydrogen-bond acceptors (Lipinski definition) is 3. The third-order valence-corrected chi connectivity index (χ3v) is 2.28. The van der Waals surface area contributed by atoms with Gasteiger partial charge in [0, 0.05) is 18.1 Å². The third-order valence-electron chi connectivity index (χ3n) is 2.28. The van der Waals surface area contributed by atoms with E-state index in [1.807, 2.05) is 0 Å². The molecule has 2 N–H and O–H groups in total. The van der Waals surface area contributed by atoms with Crippen LogP contribution in [0, 0.1) is 11.6 Å². The molecule has 1 aromatic carbocycles. The normalized spacial score (nSPS) is 10.3. The highest BCUT2D eigenvalue weighted by molar-refractivity contribution is 5.66. The van der Waals surface area contributed by atoms with Gasteiger partial charge in [-0.3, -0.25) is 4.79 Å². The summed E-state index contributed by atoms with van der Waals surface area (Å²) >= 11 is 0. The van der Waals surface area contributed by atoms with Crippen molar-refractivity contribution >= 4 is 5.97 Å². The third kappa shape index (κ3) is 3.05. The van der Waals surface area contributed by atoms with E-state index in [0.717, 1.165) is 6.07 Å². The molecule has 0 heterocycles. The van der Waals surface area contributed by atoms with Gasteiger partial charge in [-0.25, -0.2) is 8.78 Å². The summed E-state index contributed by atoms with van der Waals surface area (Å²) in [6.45, 7) is 0. The van der Waals surface area contributed by atoms with Crippen molar-refractivity contribution in [3.8, 4) is 11.5 Å². The van der Waals surface area contributed by atoms with Gasteiger partial charge in [0.1, 0.15) is 0 Å². The summed E-state index contributed by atoms with van der Waals surface area (Å²) in [6, 6.07) is 0.839. The fourth-order valence-electron chi connectivity index (χ4n) is 1.43. The van der Waals surface area contributed by atoms with Crippen LogP contribution in [0.2, 0.25) is 0 Å². The van der Waals surface area contributed by atoms with Crippen LogP contribution in [0.4, 0.5) is 8.78 Å². The number of aliphatic carboxylic acids is 1. The molecular weight excluding hydrogens is 234 g/mol. The lowest BCUT2D eigenvalue weighted by Crippen LogP contribution is -2.02. The van der Waals surface area contributed by atoms with Gasteiger partial charge < -0.3 is 14.9 Å². The number of carboxylic acid groups (broad SMARTS) is 1. The molecule has 0 aliphatic carbocycles. The van der Waals surface area contributed by atoms with Crippen molar-refractivity contribution in [3.63, 3.8) is 0 Å². The first-order chi connectivity index (χ1) is 7.97. The molecule has 0 aliphatic rings. The zero-order chi connectivity index (χ0) is 13.0. The Kier molecular flexibility index (Phi) is 4.25. The van der Waals surface area contributed by atoms with Crippen LogP contribution in [-0.2, 0) is 11.2 Å². The van der Waals surface area contributed by atoms with E-state index in [1.54, 1.807) is 0 Å². The lowest BCUT2D eigenvalue weighted by Gasteiger charge is -2.09. The molecule has 0 unspecified atom stereocenters. The standard InChI is InChI=1S/C11H12F2O4/c1-17-8-5-7(14)10(12)6(11(8)13)3-2-4-9(15)16/h5,14H,2-4H2,1H3,(H,15,16). The van der Waals surface area contributed by atoms with Gasteiger partial charge in [-0.2, -0.15) is 0 Å². The van der Waals surface area contributed by atoms with Crippen molar-refractivity contribution in [1.82, 2.24) is 0 Å². The van der Waals surface area contributed by atoms with Crippen molar-refractivity contribution in [1.29, 1.82) is 0 Å². The van der Waals surface area contributed by atoms with Crippen LogP contribution in [0.25, 0.3) is 0 Å². The monoisotopic (exact) mass is 246 g/mol. The molecule has 0 fully saturated rings. The smallest absolute Gasteiger partial charge is 0.303 e. The minimum atomic E-state index is -1.08. The number of methoxy groups -OCH3 is 1. The fraction of sp³-hybridized carbons (Fsp3) is 0.364. The van der Waals surface area contributed by atoms with Gasteiger partial charge in [0.05, 0.1) is 7.11 Å². The summed E-state index contributed by atoms with van der Waals surface area (Å²) in [5.41, 5.74) is -0.358. The predicted octanol–water partition coefficient (Wildman–Crippen LogP) is 2.09. The van der Waals surface area contributed by atoms with Crippen LogP contribution in [0.5, 0.6) is 11.5 Å². The molecule has 0 bridgehead atoms. The molecule has 0 saturated carbocycles. The summed E-state index contributed by atoms with van der Waals surface area (Å²) in [6.07, 6.45) is -0.235. The molecule has 0 aromatic heterocycles. The quantitative estimate of drug-likeness (QED) is 0.834. The Morgan fingerprint density at radius 2 is 2.06 bits per heavy atom. The van der Waals surface area contributed by atoms with E-state index in [1.165, 1.54) is 7.11 Å². The largest absolute Gasteiger partial charge is 0.505 e. The molecule has 0 amide bonds. The molecule has 17 heavy (non-hydrogen) atoms. The summed E-state index contributed by atoms with van der Waals surface area (Å²) in [4.78, 5) is 10.3. The maximum atomic E-state index is 13.6. The van der Waals surface area contributed by atoms with Crippen LogP contribution in [0.3, 0.4) is 0 Å². The van der Waals surface area contributed by atoms with Crippen LogP contribution in [0.1, 0.15) is 18.4 Å². The zero-order valence-corrected chi connectivity index (χ0v) is 9.17. The fourth-order valence-corrected chi connectivity index (χ4v) is 1.43. The van der Waals surface area contributed by atoms with Crippen LogP contribution in [-0.4, -0.2) is 23.3 Å². The van der Waals surface area contributed by atoms with E-state index >= 15 is 0 Å². The maximum Gasteiger partial charge on any atom is 0.303 e. The molecule has 0 radical (unpaired) electrons. The topological polar surface area (TPSA) is 66.8 Å². The minimum absolute atomic E-state index is 0.0791. The lowest BCUT2D eigenvalue weighted by atomic mass is 10.1. The molecule has 4 nitrogen and oxygen atoms in total. The number of ether oxygens (including phenoxy) is 1. The molecule has 0 aliphatic heterocycles. The van der Waals surface area contributed by atoms with Gasteiger partial charge in [-0.15, -0.1) is 0 Å². The molecule has 1 aromatic rings. The van der Waals surface area contributed by atoms with Gasteiger partial charge in [0.25, 0.3) is 0 Å². The van der Waals surface area contributed by atoms with Crippen molar-refractivity contribution in [2.45, 2.75) is 19.3 Å². The van der Waals surface area contributed by atoms with E-state index in [0.29, 0.717) is 0 Å². The first-order valence-corrected chi connectivity index (χ1v) is 4.93. The molecule has 0 atom stereocenters. The minimum Gasteiger partial charge on any atom is -0.505 e. The Morgan fingerprint density at radius 1 is 1.41 bits per heavy atom. The Bertz CT molecular complexity index is 432. The zero-order valence-electron chi connectivity index (χ0n) is 9.17. The van der Waals surface area contributed by atoms with E-state index in [-0.39, 0.29) is 30.6 Å². The van der Waals surface area contributed by atoms with Crippen LogP contribution >= 0.6 is 0 Å². The molecule has 0 spiro atoms. The van der Waals surface area contributed by atoms with Gasteiger partial charge in [0.15, 0.2) is 23.1 Å².